The Morgan fingerprint density at radius 1 is 1.20 bits per heavy atom. The zero-order valence-corrected chi connectivity index (χ0v) is 9.43. The second-order valence-corrected chi connectivity index (χ2v) is 5.16. The molecule has 2 rings (SSSR count). The lowest BCUT2D eigenvalue weighted by Gasteiger charge is -2.32. The van der Waals surface area contributed by atoms with Gasteiger partial charge in [-0.05, 0) is 25.7 Å². The Labute approximate surface area is 91.8 Å². The van der Waals surface area contributed by atoms with E-state index < -0.39 is 0 Å². The molecule has 0 atom stereocenters. The van der Waals surface area contributed by atoms with Gasteiger partial charge in [-0.3, -0.25) is 4.79 Å². The average molecular weight is 210 g/mol. The second-order valence-electron chi connectivity index (χ2n) is 5.16. The van der Waals surface area contributed by atoms with Crippen molar-refractivity contribution in [2.45, 2.75) is 56.9 Å². The summed E-state index contributed by atoms with van der Waals surface area (Å²) >= 11 is 0. The first-order chi connectivity index (χ1) is 7.26. The van der Waals surface area contributed by atoms with Crippen LogP contribution in [0.3, 0.4) is 0 Å². The molecule has 2 aliphatic rings. The maximum Gasteiger partial charge on any atom is 0.223 e. The second kappa shape index (κ2) is 4.52. The Balaban J connectivity index is 1.95. The van der Waals surface area contributed by atoms with Crippen LogP contribution >= 0.6 is 0 Å². The molecule has 15 heavy (non-hydrogen) atoms. The predicted molar refractivity (Wildman–Crippen MR) is 60.4 cm³/mol. The number of rotatable bonds is 3. The molecule has 0 aromatic carbocycles. The van der Waals surface area contributed by atoms with E-state index in [1.165, 1.54) is 25.7 Å². The molecular formula is C12H22N2O. The van der Waals surface area contributed by atoms with Crippen LogP contribution in [0.1, 0.15) is 51.4 Å². The fourth-order valence-corrected chi connectivity index (χ4v) is 2.49. The highest BCUT2D eigenvalue weighted by molar-refractivity contribution is 5.81. The lowest BCUT2D eigenvalue weighted by Crippen LogP contribution is -2.53. The standard InChI is InChI=1S/C12H22N2O/c13-9-12(7-3-1-2-4-8-12)14-11(15)10-5-6-10/h10H,1-9,13H2,(H,14,15). The minimum absolute atomic E-state index is 0.0732. The van der Waals surface area contributed by atoms with Crippen molar-refractivity contribution in [2.75, 3.05) is 6.54 Å². The van der Waals surface area contributed by atoms with Crippen molar-refractivity contribution in [3.63, 3.8) is 0 Å². The Morgan fingerprint density at radius 3 is 2.27 bits per heavy atom. The topological polar surface area (TPSA) is 55.1 Å². The van der Waals surface area contributed by atoms with Crippen molar-refractivity contribution in [2.24, 2.45) is 11.7 Å². The van der Waals surface area contributed by atoms with Gasteiger partial charge in [0.25, 0.3) is 0 Å². The smallest absolute Gasteiger partial charge is 0.223 e. The van der Waals surface area contributed by atoms with Gasteiger partial charge in [-0.25, -0.2) is 0 Å². The highest BCUT2D eigenvalue weighted by Gasteiger charge is 2.36. The van der Waals surface area contributed by atoms with Gasteiger partial charge in [0.15, 0.2) is 0 Å². The zero-order chi connectivity index (χ0) is 10.7. The van der Waals surface area contributed by atoms with E-state index in [0.29, 0.717) is 12.5 Å². The molecule has 2 fully saturated rings. The molecule has 0 bridgehead atoms. The molecule has 0 unspecified atom stereocenters. The van der Waals surface area contributed by atoms with Gasteiger partial charge in [-0.15, -0.1) is 0 Å². The van der Waals surface area contributed by atoms with E-state index in [0.717, 1.165) is 25.7 Å². The summed E-state index contributed by atoms with van der Waals surface area (Å²) in [7, 11) is 0. The molecule has 3 N–H and O–H groups in total. The van der Waals surface area contributed by atoms with Crippen molar-refractivity contribution in [1.82, 2.24) is 5.32 Å². The van der Waals surface area contributed by atoms with Crippen molar-refractivity contribution < 1.29 is 4.79 Å². The summed E-state index contributed by atoms with van der Waals surface area (Å²) in [6.07, 6.45) is 9.30. The highest BCUT2D eigenvalue weighted by Crippen LogP contribution is 2.32. The first-order valence-corrected chi connectivity index (χ1v) is 6.28. The van der Waals surface area contributed by atoms with Gasteiger partial charge < -0.3 is 11.1 Å². The number of nitrogens with one attached hydrogen (secondary N) is 1. The SMILES string of the molecule is NCC1(NC(=O)C2CC2)CCCCCC1. The summed E-state index contributed by atoms with van der Waals surface area (Å²) in [5.74, 6) is 0.555. The van der Waals surface area contributed by atoms with E-state index in [9.17, 15) is 4.79 Å². The lowest BCUT2D eigenvalue weighted by atomic mass is 9.90. The number of amides is 1. The van der Waals surface area contributed by atoms with Crippen molar-refractivity contribution in [1.29, 1.82) is 0 Å². The first kappa shape index (κ1) is 10.9. The monoisotopic (exact) mass is 210 g/mol. The first-order valence-electron chi connectivity index (χ1n) is 6.28. The molecule has 3 nitrogen and oxygen atoms in total. The third-order valence-electron chi connectivity index (χ3n) is 3.79. The maximum atomic E-state index is 11.8. The van der Waals surface area contributed by atoms with E-state index in [4.69, 9.17) is 5.73 Å². The maximum absolute atomic E-state index is 11.8. The summed E-state index contributed by atoms with van der Waals surface area (Å²) in [5, 5.41) is 3.22. The molecule has 2 saturated carbocycles. The van der Waals surface area contributed by atoms with Crippen LogP contribution in [-0.4, -0.2) is 18.0 Å². The largest absolute Gasteiger partial charge is 0.349 e. The molecule has 0 spiro atoms. The van der Waals surface area contributed by atoms with Gasteiger partial charge in [0.1, 0.15) is 0 Å². The van der Waals surface area contributed by atoms with Crippen LogP contribution in [0.4, 0.5) is 0 Å². The summed E-state index contributed by atoms with van der Waals surface area (Å²) in [6, 6.07) is 0. The Bertz CT molecular complexity index is 228. The van der Waals surface area contributed by atoms with Crippen LogP contribution in [0.25, 0.3) is 0 Å². The molecule has 1 amide bonds. The molecule has 0 heterocycles. The number of hydrogen-bond acceptors (Lipinski definition) is 2. The predicted octanol–water partition coefficient (Wildman–Crippen LogP) is 1.56. The molecule has 0 aromatic heterocycles. The van der Waals surface area contributed by atoms with E-state index in [2.05, 4.69) is 5.32 Å². The van der Waals surface area contributed by atoms with Crippen LogP contribution < -0.4 is 11.1 Å². The van der Waals surface area contributed by atoms with Crippen LogP contribution in [-0.2, 0) is 4.79 Å². The Kier molecular flexibility index (Phi) is 3.29. The normalized spacial score (nSPS) is 25.7. The van der Waals surface area contributed by atoms with Crippen molar-refractivity contribution in [3.8, 4) is 0 Å². The summed E-state index contributed by atoms with van der Waals surface area (Å²) < 4.78 is 0. The average Bonchev–Trinajstić information content (AvgIpc) is 3.05. The van der Waals surface area contributed by atoms with Crippen LogP contribution in [0.15, 0.2) is 0 Å². The fourth-order valence-electron chi connectivity index (χ4n) is 2.49. The van der Waals surface area contributed by atoms with Crippen molar-refractivity contribution in [3.05, 3.63) is 0 Å². The lowest BCUT2D eigenvalue weighted by molar-refractivity contribution is -0.124. The quantitative estimate of drug-likeness (QED) is 0.695. The minimum atomic E-state index is -0.0732. The fraction of sp³-hybridized carbons (Fsp3) is 0.917. The van der Waals surface area contributed by atoms with Crippen LogP contribution in [0, 0.1) is 5.92 Å². The molecule has 0 radical (unpaired) electrons. The third-order valence-corrected chi connectivity index (χ3v) is 3.79. The Hall–Kier alpha value is -0.570. The molecular weight excluding hydrogens is 188 g/mol. The van der Waals surface area contributed by atoms with Gasteiger partial charge in [0, 0.05) is 12.5 Å². The van der Waals surface area contributed by atoms with Gasteiger partial charge in [0.05, 0.1) is 5.54 Å². The molecule has 2 aliphatic carbocycles. The summed E-state index contributed by atoms with van der Waals surface area (Å²) in [6.45, 7) is 0.603. The third kappa shape index (κ3) is 2.71. The van der Waals surface area contributed by atoms with Gasteiger partial charge >= 0.3 is 0 Å². The number of nitrogens with two attached hydrogens (primary N) is 1. The van der Waals surface area contributed by atoms with Gasteiger partial charge in [-0.1, -0.05) is 25.7 Å². The molecule has 3 heteroatoms. The summed E-state index contributed by atoms with van der Waals surface area (Å²) in [5.41, 5.74) is 5.79. The summed E-state index contributed by atoms with van der Waals surface area (Å²) in [4.78, 5) is 11.8. The van der Waals surface area contributed by atoms with E-state index in [-0.39, 0.29) is 11.4 Å². The number of hydrogen-bond donors (Lipinski definition) is 2. The molecule has 0 saturated heterocycles. The molecule has 0 aliphatic heterocycles. The minimum Gasteiger partial charge on any atom is -0.349 e. The molecule has 0 aromatic rings. The molecule has 86 valence electrons. The van der Waals surface area contributed by atoms with Crippen LogP contribution in [0.5, 0.6) is 0 Å². The van der Waals surface area contributed by atoms with Crippen molar-refractivity contribution >= 4 is 5.91 Å². The van der Waals surface area contributed by atoms with Crippen LogP contribution in [0.2, 0.25) is 0 Å². The van der Waals surface area contributed by atoms with E-state index >= 15 is 0 Å². The number of carbonyl (C=O) groups excluding carboxylic acids is 1. The van der Waals surface area contributed by atoms with E-state index in [1.54, 1.807) is 0 Å². The Morgan fingerprint density at radius 2 is 1.80 bits per heavy atom. The van der Waals surface area contributed by atoms with Gasteiger partial charge in [0.2, 0.25) is 5.91 Å². The zero-order valence-electron chi connectivity index (χ0n) is 9.43. The van der Waals surface area contributed by atoms with Gasteiger partial charge in [-0.2, -0.15) is 0 Å². The number of carbonyl (C=O) groups is 1. The van der Waals surface area contributed by atoms with E-state index in [1.807, 2.05) is 0 Å². The highest BCUT2D eigenvalue weighted by atomic mass is 16.2.